The molecule has 0 fully saturated rings. The minimum Gasteiger partial charge on any atom is -0.312 e. The van der Waals surface area contributed by atoms with Crippen molar-refractivity contribution in [2.24, 2.45) is 0 Å². The van der Waals surface area contributed by atoms with Crippen molar-refractivity contribution in [1.29, 1.82) is 0 Å². The molecule has 0 aromatic carbocycles. The first-order valence-electron chi connectivity index (χ1n) is 2.76. The van der Waals surface area contributed by atoms with Gasteiger partial charge in [0.2, 0.25) is 12.5 Å². The van der Waals surface area contributed by atoms with Crippen molar-refractivity contribution in [2.45, 2.75) is 6.54 Å². The third-order valence-electron chi connectivity index (χ3n) is 1.05. The molecule has 3 heteroatoms. The second-order valence-electron chi connectivity index (χ2n) is 1.80. The highest BCUT2D eigenvalue weighted by Crippen LogP contribution is 2.00. The molecule has 1 heterocycles. The summed E-state index contributed by atoms with van der Waals surface area (Å²) in [7, 11) is 0. The zero-order valence-corrected chi connectivity index (χ0v) is 5.21. The van der Waals surface area contributed by atoms with Crippen molar-refractivity contribution in [3.63, 3.8) is 0 Å². The van der Waals surface area contributed by atoms with E-state index in [-0.39, 0.29) is 6.54 Å². The molecule has 0 atom stereocenters. The van der Waals surface area contributed by atoms with Crippen molar-refractivity contribution < 1.29 is 4.39 Å². The smallest absolute Gasteiger partial charge is 0.239 e. The van der Waals surface area contributed by atoms with E-state index in [1.54, 1.807) is 6.07 Å². The molecule has 0 aliphatic rings. The summed E-state index contributed by atoms with van der Waals surface area (Å²) in [4.78, 5) is 6.46. The highest BCUT2D eigenvalue weighted by atomic mass is 19.1. The van der Waals surface area contributed by atoms with E-state index >= 15 is 0 Å². The summed E-state index contributed by atoms with van der Waals surface area (Å²) in [6.07, 6.45) is 1.36. The lowest BCUT2D eigenvalue weighted by atomic mass is 10.3. The van der Waals surface area contributed by atoms with Gasteiger partial charge >= 0.3 is 0 Å². The van der Waals surface area contributed by atoms with Gasteiger partial charge in [-0.15, -0.1) is 0 Å². The summed E-state index contributed by atoms with van der Waals surface area (Å²) in [5.74, 6) is -0.527. The van der Waals surface area contributed by atoms with Gasteiger partial charge in [0.05, 0.1) is 0 Å². The van der Waals surface area contributed by atoms with Crippen LogP contribution < -0.4 is 0 Å². The van der Waals surface area contributed by atoms with Crippen molar-refractivity contribution >= 4 is 0 Å². The van der Waals surface area contributed by atoms with Gasteiger partial charge in [0.25, 0.3) is 0 Å². The maximum atomic E-state index is 12.3. The summed E-state index contributed by atoms with van der Waals surface area (Å²) in [6, 6.07) is 2.89. The molecule has 1 aromatic rings. The van der Waals surface area contributed by atoms with Gasteiger partial charge < -0.3 is 4.85 Å². The lowest BCUT2D eigenvalue weighted by Crippen LogP contribution is -1.84. The standard InChI is InChI=1S/C7H5FN2/c1-9-5-6-2-3-10-7(8)4-6/h2-4H,5H2. The van der Waals surface area contributed by atoms with Crippen LogP contribution in [-0.4, -0.2) is 4.98 Å². The van der Waals surface area contributed by atoms with Crippen LogP contribution in [0.5, 0.6) is 0 Å². The van der Waals surface area contributed by atoms with E-state index in [2.05, 4.69) is 9.83 Å². The molecule has 10 heavy (non-hydrogen) atoms. The molecule has 0 saturated heterocycles. The fourth-order valence-electron chi connectivity index (χ4n) is 0.632. The van der Waals surface area contributed by atoms with Crippen LogP contribution in [-0.2, 0) is 6.54 Å². The van der Waals surface area contributed by atoms with Gasteiger partial charge in [-0.05, 0) is 6.07 Å². The first kappa shape index (κ1) is 6.69. The zero-order valence-electron chi connectivity index (χ0n) is 5.21. The molecule has 50 valence electrons. The Hall–Kier alpha value is -1.43. The SMILES string of the molecule is [C-]#[N+]Cc1ccnc(F)c1. The topological polar surface area (TPSA) is 17.2 Å². The van der Waals surface area contributed by atoms with Crippen LogP contribution in [0.2, 0.25) is 0 Å². The molecule has 0 aliphatic heterocycles. The number of rotatable bonds is 1. The van der Waals surface area contributed by atoms with Gasteiger partial charge in [-0.25, -0.2) is 11.6 Å². The van der Waals surface area contributed by atoms with Crippen LogP contribution in [0.1, 0.15) is 5.56 Å². The first-order chi connectivity index (χ1) is 4.83. The maximum Gasteiger partial charge on any atom is 0.239 e. The van der Waals surface area contributed by atoms with Gasteiger partial charge in [-0.2, -0.15) is 4.39 Å². The Morgan fingerprint density at radius 1 is 1.70 bits per heavy atom. The Balaban J connectivity index is 2.87. The lowest BCUT2D eigenvalue weighted by Gasteiger charge is -1.88. The Labute approximate surface area is 58.1 Å². The Morgan fingerprint density at radius 3 is 3.10 bits per heavy atom. The monoisotopic (exact) mass is 136 g/mol. The highest BCUT2D eigenvalue weighted by molar-refractivity contribution is 5.12. The van der Waals surface area contributed by atoms with E-state index in [1.807, 2.05) is 0 Å². The lowest BCUT2D eigenvalue weighted by molar-refractivity contribution is 0.582. The molecule has 0 unspecified atom stereocenters. The molecule has 2 nitrogen and oxygen atoms in total. The summed E-state index contributed by atoms with van der Waals surface area (Å²) in [6.45, 7) is 6.71. The van der Waals surface area contributed by atoms with Gasteiger partial charge in [0.15, 0.2) is 0 Å². The first-order valence-corrected chi connectivity index (χ1v) is 2.76. The van der Waals surface area contributed by atoms with Crippen molar-refractivity contribution in [3.8, 4) is 0 Å². The van der Waals surface area contributed by atoms with Crippen LogP contribution in [0.3, 0.4) is 0 Å². The Kier molecular flexibility index (Phi) is 1.96. The number of hydrogen-bond acceptors (Lipinski definition) is 1. The van der Waals surface area contributed by atoms with Gasteiger partial charge in [0.1, 0.15) is 0 Å². The van der Waals surface area contributed by atoms with Crippen LogP contribution in [0.15, 0.2) is 18.3 Å². The van der Waals surface area contributed by atoms with E-state index in [1.165, 1.54) is 12.3 Å². The fourth-order valence-corrected chi connectivity index (χ4v) is 0.632. The van der Waals surface area contributed by atoms with E-state index < -0.39 is 5.95 Å². The average Bonchev–Trinajstić information content (AvgIpc) is 1.88. The van der Waals surface area contributed by atoms with Crippen LogP contribution in [0.4, 0.5) is 4.39 Å². The fraction of sp³-hybridized carbons (Fsp3) is 0.143. The molecule has 1 aromatic heterocycles. The summed E-state index contributed by atoms with van der Waals surface area (Å²) in [5, 5.41) is 0. The van der Waals surface area contributed by atoms with Crippen LogP contribution >= 0.6 is 0 Å². The third kappa shape index (κ3) is 1.52. The maximum absolute atomic E-state index is 12.3. The summed E-state index contributed by atoms with van der Waals surface area (Å²) >= 11 is 0. The van der Waals surface area contributed by atoms with E-state index in [4.69, 9.17) is 6.57 Å². The van der Waals surface area contributed by atoms with Crippen molar-refractivity contribution in [3.05, 3.63) is 41.3 Å². The average molecular weight is 136 g/mol. The largest absolute Gasteiger partial charge is 0.312 e. The Bertz CT molecular complexity index is 265. The quantitative estimate of drug-likeness (QED) is 0.423. The molecule has 0 bridgehead atoms. The normalized spacial score (nSPS) is 8.80. The summed E-state index contributed by atoms with van der Waals surface area (Å²) < 4.78 is 12.3. The number of aromatic nitrogens is 1. The molecule has 0 saturated carbocycles. The third-order valence-corrected chi connectivity index (χ3v) is 1.05. The summed E-state index contributed by atoms with van der Waals surface area (Å²) in [5.41, 5.74) is 0.669. The second-order valence-corrected chi connectivity index (χ2v) is 1.80. The predicted molar refractivity (Wildman–Crippen MR) is 34.5 cm³/mol. The number of pyridine rings is 1. The van der Waals surface area contributed by atoms with Gasteiger partial charge in [0, 0.05) is 17.8 Å². The van der Waals surface area contributed by atoms with Gasteiger partial charge in [-0.3, -0.25) is 0 Å². The molecule has 0 aliphatic carbocycles. The molecular formula is C7H5FN2. The van der Waals surface area contributed by atoms with E-state index in [0.717, 1.165) is 0 Å². The van der Waals surface area contributed by atoms with Crippen molar-refractivity contribution in [1.82, 2.24) is 4.98 Å². The number of hydrogen-bond donors (Lipinski definition) is 0. The second kappa shape index (κ2) is 2.92. The number of halogens is 1. The minimum absolute atomic E-state index is 0.222. The molecule has 0 radical (unpaired) electrons. The molecule has 0 N–H and O–H groups in total. The molecule has 1 rings (SSSR count). The highest BCUT2D eigenvalue weighted by Gasteiger charge is 1.95. The van der Waals surface area contributed by atoms with Gasteiger partial charge in [-0.1, -0.05) is 0 Å². The van der Waals surface area contributed by atoms with E-state index in [0.29, 0.717) is 5.56 Å². The van der Waals surface area contributed by atoms with Crippen LogP contribution in [0, 0.1) is 12.5 Å². The molecular weight excluding hydrogens is 131 g/mol. The van der Waals surface area contributed by atoms with Crippen LogP contribution in [0.25, 0.3) is 4.85 Å². The predicted octanol–water partition coefficient (Wildman–Crippen LogP) is 1.64. The number of nitrogens with zero attached hydrogens (tertiary/aromatic N) is 2. The zero-order chi connectivity index (χ0) is 7.40. The minimum atomic E-state index is -0.527. The molecule has 0 amide bonds. The Morgan fingerprint density at radius 2 is 2.50 bits per heavy atom. The van der Waals surface area contributed by atoms with Crippen molar-refractivity contribution in [2.75, 3.05) is 0 Å². The molecule has 0 spiro atoms. The van der Waals surface area contributed by atoms with E-state index in [9.17, 15) is 4.39 Å².